The molecule has 0 bridgehead atoms. The Labute approximate surface area is 140 Å². The third-order valence-corrected chi connectivity index (χ3v) is 5.26. The zero-order valence-corrected chi connectivity index (χ0v) is 14.3. The molecule has 1 fully saturated rings. The summed E-state index contributed by atoms with van der Waals surface area (Å²) in [4.78, 5) is 18.7. The molecule has 1 aromatic carbocycles. The van der Waals surface area contributed by atoms with Gasteiger partial charge in [0.25, 0.3) is 0 Å². The van der Waals surface area contributed by atoms with E-state index in [0.29, 0.717) is 13.0 Å². The smallest absolute Gasteiger partial charge is 0.227 e. The molecule has 23 heavy (non-hydrogen) atoms. The number of benzene rings is 1. The Morgan fingerprint density at radius 3 is 2.74 bits per heavy atom. The number of aliphatic hydroxyl groups excluding tert-OH is 1. The van der Waals surface area contributed by atoms with Gasteiger partial charge in [-0.25, -0.2) is 4.98 Å². The zero-order chi connectivity index (χ0) is 16.4. The SMILES string of the molecule is Cc1nc(-c2ccc(CC(=O)N3CCC(C(C)O)C3)cc2)cs1. The van der Waals surface area contributed by atoms with Crippen LogP contribution in [0.3, 0.4) is 0 Å². The summed E-state index contributed by atoms with van der Waals surface area (Å²) >= 11 is 1.64. The first-order valence-electron chi connectivity index (χ1n) is 8.00. The van der Waals surface area contributed by atoms with Crippen molar-refractivity contribution in [2.75, 3.05) is 13.1 Å². The Morgan fingerprint density at radius 1 is 1.43 bits per heavy atom. The summed E-state index contributed by atoms with van der Waals surface area (Å²) in [6, 6.07) is 8.06. The highest BCUT2D eigenvalue weighted by molar-refractivity contribution is 7.09. The molecule has 5 heteroatoms. The lowest BCUT2D eigenvalue weighted by molar-refractivity contribution is -0.129. The van der Waals surface area contributed by atoms with Crippen LogP contribution in [0.25, 0.3) is 11.3 Å². The van der Waals surface area contributed by atoms with Crippen molar-refractivity contribution in [2.45, 2.75) is 32.8 Å². The molecule has 1 aliphatic heterocycles. The molecule has 2 aromatic rings. The van der Waals surface area contributed by atoms with Gasteiger partial charge in [-0.15, -0.1) is 11.3 Å². The topological polar surface area (TPSA) is 53.4 Å². The van der Waals surface area contributed by atoms with E-state index in [9.17, 15) is 9.90 Å². The highest BCUT2D eigenvalue weighted by atomic mass is 32.1. The number of carbonyl (C=O) groups excluding carboxylic acids is 1. The van der Waals surface area contributed by atoms with E-state index in [0.717, 1.165) is 34.8 Å². The van der Waals surface area contributed by atoms with Gasteiger partial charge in [0.2, 0.25) is 5.91 Å². The number of nitrogens with zero attached hydrogens (tertiary/aromatic N) is 2. The molecule has 0 spiro atoms. The van der Waals surface area contributed by atoms with Crippen LogP contribution in [0.2, 0.25) is 0 Å². The van der Waals surface area contributed by atoms with Crippen LogP contribution in [-0.4, -0.2) is 40.1 Å². The van der Waals surface area contributed by atoms with Crippen molar-refractivity contribution in [3.63, 3.8) is 0 Å². The second kappa shape index (κ2) is 6.81. The van der Waals surface area contributed by atoms with Gasteiger partial charge in [-0.05, 0) is 25.8 Å². The van der Waals surface area contributed by atoms with E-state index >= 15 is 0 Å². The maximum absolute atomic E-state index is 12.4. The van der Waals surface area contributed by atoms with E-state index < -0.39 is 0 Å². The second-order valence-corrected chi connectivity index (χ2v) is 7.32. The van der Waals surface area contributed by atoms with Crippen molar-refractivity contribution in [2.24, 2.45) is 5.92 Å². The molecular weight excluding hydrogens is 308 g/mol. The van der Waals surface area contributed by atoms with Gasteiger partial charge >= 0.3 is 0 Å². The number of aromatic nitrogens is 1. The minimum Gasteiger partial charge on any atom is -0.393 e. The number of rotatable bonds is 4. The molecule has 0 aliphatic carbocycles. The van der Waals surface area contributed by atoms with Gasteiger partial charge in [0.15, 0.2) is 0 Å². The number of hydrogen-bond acceptors (Lipinski definition) is 4. The molecule has 2 heterocycles. The first-order chi connectivity index (χ1) is 11.0. The van der Waals surface area contributed by atoms with Crippen molar-refractivity contribution < 1.29 is 9.90 Å². The van der Waals surface area contributed by atoms with Crippen molar-refractivity contribution >= 4 is 17.2 Å². The van der Waals surface area contributed by atoms with Crippen molar-refractivity contribution in [1.82, 2.24) is 9.88 Å². The maximum Gasteiger partial charge on any atom is 0.227 e. The van der Waals surface area contributed by atoms with Crippen LogP contribution in [-0.2, 0) is 11.2 Å². The normalized spacial score (nSPS) is 19.1. The fourth-order valence-electron chi connectivity index (χ4n) is 2.98. The van der Waals surface area contributed by atoms with Crippen LogP contribution in [0.4, 0.5) is 0 Å². The number of aryl methyl sites for hydroxylation is 1. The molecule has 1 aromatic heterocycles. The summed E-state index contributed by atoms with van der Waals surface area (Å²) < 4.78 is 0. The summed E-state index contributed by atoms with van der Waals surface area (Å²) in [6.07, 6.45) is 0.975. The average Bonchev–Trinajstić information content (AvgIpc) is 3.17. The third kappa shape index (κ3) is 3.79. The highest BCUT2D eigenvalue weighted by Gasteiger charge is 2.28. The van der Waals surface area contributed by atoms with Gasteiger partial charge in [0, 0.05) is 30.0 Å². The van der Waals surface area contributed by atoms with E-state index in [-0.39, 0.29) is 17.9 Å². The number of thiazole rings is 1. The molecule has 2 atom stereocenters. The molecule has 2 unspecified atom stereocenters. The van der Waals surface area contributed by atoms with Crippen molar-refractivity contribution in [3.8, 4) is 11.3 Å². The van der Waals surface area contributed by atoms with Gasteiger partial charge < -0.3 is 10.0 Å². The van der Waals surface area contributed by atoms with E-state index in [1.165, 1.54) is 0 Å². The van der Waals surface area contributed by atoms with Gasteiger partial charge in [0.1, 0.15) is 0 Å². The number of aliphatic hydroxyl groups is 1. The largest absolute Gasteiger partial charge is 0.393 e. The minimum absolute atomic E-state index is 0.144. The quantitative estimate of drug-likeness (QED) is 0.938. The fraction of sp³-hybridized carbons (Fsp3) is 0.444. The number of hydrogen-bond donors (Lipinski definition) is 1. The van der Waals surface area contributed by atoms with Crippen molar-refractivity contribution in [3.05, 3.63) is 40.2 Å². The molecule has 122 valence electrons. The number of likely N-dealkylation sites (tertiary alicyclic amines) is 1. The second-order valence-electron chi connectivity index (χ2n) is 6.25. The Morgan fingerprint density at radius 2 is 2.17 bits per heavy atom. The molecule has 1 aliphatic rings. The van der Waals surface area contributed by atoms with Crippen LogP contribution in [0.5, 0.6) is 0 Å². The third-order valence-electron chi connectivity index (χ3n) is 4.48. The molecular formula is C18H22N2O2S. The van der Waals surface area contributed by atoms with Gasteiger partial charge in [-0.1, -0.05) is 24.3 Å². The van der Waals surface area contributed by atoms with E-state index in [4.69, 9.17) is 0 Å². The molecule has 3 rings (SSSR count). The first-order valence-corrected chi connectivity index (χ1v) is 8.88. The van der Waals surface area contributed by atoms with Gasteiger partial charge in [-0.2, -0.15) is 0 Å². The summed E-state index contributed by atoms with van der Waals surface area (Å²) in [6.45, 7) is 5.23. The highest BCUT2D eigenvalue weighted by Crippen LogP contribution is 2.23. The van der Waals surface area contributed by atoms with Crippen LogP contribution >= 0.6 is 11.3 Å². The standard InChI is InChI=1S/C18H22N2O2S/c1-12(21)16-7-8-20(10-16)18(22)9-14-3-5-15(6-4-14)17-11-23-13(2)19-17/h3-6,11-12,16,21H,7-10H2,1-2H3. The Balaban J connectivity index is 1.61. The van der Waals surface area contributed by atoms with Crippen LogP contribution in [0, 0.1) is 12.8 Å². The van der Waals surface area contributed by atoms with Gasteiger partial charge in [-0.3, -0.25) is 4.79 Å². The first kappa shape index (κ1) is 16.1. The minimum atomic E-state index is -0.339. The van der Waals surface area contributed by atoms with E-state index in [2.05, 4.69) is 10.4 Å². The molecule has 4 nitrogen and oxygen atoms in total. The van der Waals surface area contributed by atoms with Crippen LogP contribution < -0.4 is 0 Å². The average molecular weight is 330 g/mol. The predicted molar refractivity (Wildman–Crippen MR) is 92.4 cm³/mol. The predicted octanol–water partition coefficient (Wildman–Crippen LogP) is 2.89. The molecule has 1 amide bonds. The lowest BCUT2D eigenvalue weighted by Gasteiger charge is -2.17. The summed E-state index contributed by atoms with van der Waals surface area (Å²) in [5.41, 5.74) is 3.09. The Bertz CT molecular complexity index is 679. The van der Waals surface area contributed by atoms with E-state index in [1.54, 1.807) is 18.3 Å². The molecule has 0 radical (unpaired) electrons. The fourth-order valence-corrected chi connectivity index (χ4v) is 3.61. The Kier molecular flexibility index (Phi) is 4.78. The number of amides is 1. The van der Waals surface area contributed by atoms with E-state index in [1.807, 2.05) is 36.1 Å². The Hall–Kier alpha value is -1.72. The molecule has 1 saturated heterocycles. The molecule has 1 N–H and O–H groups in total. The van der Waals surface area contributed by atoms with Crippen LogP contribution in [0.15, 0.2) is 29.6 Å². The summed E-state index contributed by atoms with van der Waals surface area (Å²) in [5, 5.41) is 12.7. The monoisotopic (exact) mass is 330 g/mol. The van der Waals surface area contributed by atoms with Gasteiger partial charge in [0.05, 0.1) is 23.2 Å². The summed E-state index contributed by atoms with van der Waals surface area (Å²) in [5.74, 6) is 0.361. The molecule has 0 saturated carbocycles. The van der Waals surface area contributed by atoms with Crippen molar-refractivity contribution in [1.29, 1.82) is 0 Å². The lowest BCUT2D eigenvalue weighted by Crippen LogP contribution is -2.31. The lowest BCUT2D eigenvalue weighted by atomic mass is 10.0. The maximum atomic E-state index is 12.4. The zero-order valence-electron chi connectivity index (χ0n) is 13.5. The number of carbonyl (C=O) groups is 1. The summed E-state index contributed by atoms with van der Waals surface area (Å²) in [7, 11) is 0. The van der Waals surface area contributed by atoms with Crippen LogP contribution in [0.1, 0.15) is 23.9 Å².